The minimum Gasteiger partial charge on any atom is -0.495 e. The molecule has 112 valence electrons. The predicted octanol–water partition coefficient (Wildman–Crippen LogP) is 3.16. The number of aryl methyl sites for hydroxylation is 1. The fourth-order valence-corrected chi connectivity index (χ4v) is 2.30. The Labute approximate surface area is 126 Å². The molecule has 0 spiro atoms. The summed E-state index contributed by atoms with van der Waals surface area (Å²) >= 11 is 0. The molecule has 4 nitrogen and oxygen atoms in total. The third-order valence-corrected chi connectivity index (χ3v) is 3.46. The summed E-state index contributed by atoms with van der Waals surface area (Å²) in [4.78, 5) is 8.43. The molecular formula is C17H23N3O. The van der Waals surface area contributed by atoms with Gasteiger partial charge in [0.15, 0.2) is 0 Å². The van der Waals surface area contributed by atoms with E-state index in [4.69, 9.17) is 4.74 Å². The van der Waals surface area contributed by atoms with Gasteiger partial charge in [0.05, 0.1) is 13.3 Å². The van der Waals surface area contributed by atoms with Crippen molar-refractivity contribution in [2.24, 2.45) is 0 Å². The third-order valence-electron chi connectivity index (χ3n) is 3.46. The van der Waals surface area contributed by atoms with Gasteiger partial charge < -0.3 is 10.1 Å². The summed E-state index contributed by atoms with van der Waals surface area (Å²) in [6, 6.07) is 6.45. The Balaban J connectivity index is 2.06. The Morgan fingerprint density at radius 2 is 2.14 bits per heavy atom. The summed E-state index contributed by atoms with van der Waals surface area (Å²) in [7, 11) is 1.67. The van der Waals surface area contributed by atoms with E-state index < -0.39 is 0 Å². The first kappa shape index (κ1) is 15.4. The SMILES string of the molecule is CCCNC(CCc1cccnc1)c1cncc(OC)c1. The molecule has 0 aromatic carbocycles. The molecule has 0 aliphatic carbocycles. The van der Waals surface area contributed by atoms with Crippen LogP contribution in [0.3, 0.4) is 0 Å². The molecule has 1 unspecified atom stereocenters. The van der Waals surface area contributed by atoms with E-state index in [2.05, 4.69) is 34.3 Å². The van der Waals surface area contributed by atoms with Gasteiger partial charge in [-0.25, -0.2) is 0 Å². The highest BCUT2D eigenvalue weighted by Gasteiger charge is 2.12. The van der Waals surface area contributed by atoms with Gasteiger partial charge in [-0.1, -0.05) is 13.0 Å². The molecule has 1 N–H and O–H groups in total. The summed E-state index contributed by atoms with van der Waals surface area (Å²) in [6.45, 7) is 3.17. The monoisotopic (exact) mass is 285 g/mol. The number of pyridine rings is 2. The van der Waals surface area contributed by atoms with E-state index in [0.29, 0.717) is 0 Å². The number of hydrogen-bond acceptors (Lipinski definition) is 4. The second-order valence-electron chi connectivity index (χ2n) is 5.06. The molecule has 2 aromatic heterocycles. The molecule has 0 saturated carbocycles. The van der Waals surface area contributed by atoms with Gasteiger partial charge in [0.25, 0.3) is 0 Å². The zero-order valence-corrected chi connectivity index (χ0v) is 12.7. The number of hydrogen-bond donors (Lipinski definition) is 1. The Kier molecular flexibility index (Phi) is 6.16. The van der Waals surface area contributed by atoms with Gasteiger partial charge in [-0.05, 0) is 49.1 Å². The quantitative estimate of drug-likeness (QED) is 0.809. The van der Waals surface area contributed by atoms with Crippen LogP contribution in [0, 0.1) is 0 Å². The van der Waals surface area contributed by atoms with E-state index in [-0.39, 0.29) is 6.04 Å². The highest BCUT2D eigenvalue weighted by atomic mass is 16.5. The molecule has 0 fully saturated rings. The zero-order chi connectivity index (χ0) is 14.9. The zero-order valence-electron chi connectivity index (χ0n) is 12.7. The van der Waals surface area contributed by atoms with Crippen molar-refractivity contribution in [3.8, 4) is 5.75 Å². The lowest BCUT2D eigenvalue weighted by Gasteiger charge is -2.19. The number of rotatable bonds is 8. The molecule has 21 heavy (non-hydrogen) atoms. The van der Waals surface area contributed by atoms with Crippen LogP contribution in [-0.4, -0.2) is 23.6 Å². The topological polar surface area (TPSA) is 47.0 Å². The molecule has 0 radical (unpaired) electrons. The van der Waals surface area contributed by atoms with Crippen LogP contribution < -0.4 is 10.1 Å². The van der Waals surface area contributed by atoms with Gasteiger partial charge in [-0.15, -0.1) is 0 Å². The van der Waals surface area contributed by atoms with Crippen molar-refractivity contribution >= 4 is 0 Å². The highest BCUT2D eigenvalue weighted by molar-refractivity contribution is 5.26. The summed E-state index contributed by atoms with van der Waals surface area (Å²) in [6.07, 6.45) is 10.5. The van der Waals surface area contributed by atoms with Crippen LogP contribution in [0.15, 0.2) is 43.0 Å². The fraction of sp³-hybridized carbons (Fsp3) is 0.412. The first-order chi connectivity index (χ1) is 10.3. The van der Waals surface area contributed by atoms with Crippen LogP contribution >= 0.6 is 0 Å². The van der Waals surface area contributed by atoms with E-state index in [1.165, 1.54) is 11.1 Å². The molecule has 0 saturated heterocycles. The van der Waals surface area contributed by atoms with Crippen molar-refractivity contribution in [2.75, 3.05) is 13.7 Å². The van der Waals surface area contributed by atoms with E-state index in [1.54, 1.807) is 13.3 Å². The molecule has 2 heterocycles. The molecule has 0 amide bonds. The fourth-order valence-electron chi connectivity index (χ4n) is 2.30. The normalized spacial score (nSPS) is 12.1. The van der Waals surface area contributed by atoms with E-state index in [1.807, 2.05) is 24.7 Å². The van der Waals surface area contributed by atoms with Crippen molar-refractivity contribution in [1.29, 1.82) is 0 Å². The van der Waals surface area contributed by atoms with E-state index in [9.17, 15) is 0 Å². The first-order valence-corrected chi connectivity index (χ1v) is 7.44. The Bertz CT molecular complexity index is 531. The van der Waals surface area contributed by atoms with Gasteiger partial charge in [0.2, 0.25) is 0 Å². The van der Waals surface area contributed by atoms with Crippen molar-refractivity contribution in [3.63, 3.8) is 0 Å². The molecule has 4 heteroatoms. The van der Waals surface area contributed by atoms with Gasteiger partial charge in [-0.2, -0.15) is 0 Å². The van der Waals surface area contributed by atoms with Crippen LogP contribution in [-0.2, 0) is 6.42 Å². The lowest BCUT2D eigenvalue weighted by Crippen LogP contribution is -2.23. The van der Waals surface area contributed by atoms with Crippen molar-refractivity contribution < 1.29 is 4.74 Å². The largest absolute Gasteiger partial charge is 0.495 e. The number of methoxy groups -OCH3 is 1. The van der Waals surface area contributed by atoms with Crippen LogP contribution in [0.1, 0.15) is 36.9 Å². The van der Waals surface area contributed by atoms with E-state index in [0.717, 1.165) is 31.6 Å². The Morgan fingerprint density at radius 3 is 2.86 bits per heavy atom. The van der Waals surface area contributed by atoms with Gasteiger partial charge in [-0.3, -0.25) is 9.97 Å². The minimum absolute atomic E-state index is 0.285. The molecule has 2 rings (SSSR count). The second kappa shape index (κ2) is 8.37. The number of nitrogens with one attached hydrogen (secondary N) is 1. The smallest absolute Gasteiger partial charge is 0.137 e. The van der Waals surface area contributed by atoms with Crippen LogP contribution in [0.25, 0.3) is 0 Å². The molecular weight excluding hydrogens is 262 g/mol. The lowest BCUT2D eigenvalue weighted by molar-refractivity contribution is 0.410. The number of ether oxygens (including phenoxy) is 1. The molecule has 1 atom stereocenters. The van der Waals surface area contributed by atoms with Crippen molar-refractivity contribution in [1.82, 2.24) is 15.3 Å². The average Bonchev–Trinajstić information content (AvgIpc) is 2.56. The van der Waals surface area contributed by atoms with Crippen LogP contribution in [0.2, 0.25) is 0 Å². The summed E-state index contributed by atoms with van der Waals surface area (Å²) in [5.74, 6) is 0.803. The van der Waals surface area contributed by atoms with E-state index >= 15 is 0 Å². The predicted molar refractivity (Wildman–Crippen MR) is 84.4 cm³/mol. The molecule has 0 bridgehead atoms. The number of aromatic nitrogens is 2. The van der Waals surface area contributed by atoms with Crippen molar-refractivity contribution in [2.45, 2.75) is 32.2 Å². The number of nitrogens with zero attached hydrogens (tertiary/aromatic N) is 2. The average molecular weight is 285 g/mol. The van der Waals surface area contributed by atoms with Gasteiger partial charge >= 0.3 is 0 Å². The van der Waals surface area contributed by atoms with Crippen molar-refractivity contribution in [3.05, 3.63) is 54.1 Å². The first-order valence-electron chi connectivity index (χ1n) is 7.44. The van der Waals surface area contributed by atoms with Crippen LogP contribution in [0.5, 0.6) is 5.75 Å². The molecule has 0 aliphatic rings. The molecule has 0 aliphatic heterocycles. The highest BCUT2D eigenvalue weighted by Crippen LogP contribution is 2.22. The lowest BCUT2D eigenvalue weighted by atomic mass is 10.0. The Hall–Kier alpha value is -1.94. The third kappa shape index (κ3) is 4.83. The standard InChI is InChI=1S/C17H23N3O/c1-3-8-20-17(7-6-14-5-4-9-18-11-14)15-10-16(21-2)13-19-12-15/h4-5,9-13,17,20H,3,6-8H2,1-2H3. The molecule has 2 aromatic rings. The van der Waals surface area contributed by atoms with Gasteiger partial charge in [0.1, 0.15) is 5.75 Å². The second-order valence-corrected chi connectivity index (χ2v) is 5.06. The maximum Gasteiger partial charge on any atom is 0.137 e. The summed E-state index contributed by atoms with van der Waals surface area (Å²) in [5.41, 5.74) is 2.43. The Morgan fingerprint density at radius 1 is 1.24 bits per heavy atom. The summed E-state index contributed by atoms with van der Waals surface area (Å²) in [5, 5.41) is 3.59. The van der Waals surface area contributed by atoms with Gasteiger partial charge in [0, 0.05) is 24.6 Å². The maximum absolute atomic E-state index is 5.27. The van der Waals surface area contributed by atoms with Crippen LogP contribution in [0.4, 0.5) is 0 Å². The maximum atomic E-state index is 5.27. The summed E-state index contributed by atoms with van der Waals surface area (Å²) < 4.78 is 5.27. The minimum atomic E-state index is 0.285.